The van der Waals surface area contributed by atoms with Gasteiger partial charge in [0.1, 0.15) is 24.7 Å². The topological polar surface area (TPSA) is 112 Å². The zero-order chi connectivity index (χ0) is 31.5. The summed E-state index contributed by atoms with van der Waals surface area (Å²) in [7, 11) is 0. The van der Waals surface area contributed by atoms with Gasteiger partial charge in [-0.15, -0.1) is 0 Å². The van der Waals surface area contributed by atoms with E-state index < -0.39 is 0 Å². The van der Waals surface area contributed by atoms with Gasteiger partial charge in [-0.1, -0.05) is 53.7 Å². The van der Waals surface area contributed by atoms with Gasteiger partial charge in [0.2, 0.25) is 0 Å². The molecule has 2 aromatic rings. The lowest BCUT2D eigenvalue weighted by Gasteiger charge is -2.22. The minimum atomic E-state index is -0.295. The summed E-state index contributed by atoms with van der Waals surface area (Å²) in [5.74, 6) is -0.0335. The van der Waals surface area contributed by atoms with E-state index in [9.17, 15) is 19.8 Å². The zero-order valence-corrected chi connectivity index (χ0v) is 26.7. The second kappa shape index (κ2) is 15.9. The highest BCUT2D eigenvalue weighted by molar-refractivity contribution is 5.70. The number of aryl methyl sites for hydroxylation is 4. The van der Waals surface area contributed by atoms with Gasteiger partial charge in [-0.3, -0.25) is 9.59 Å². The molecule has 0 amide bonds. The molecule has 8 heteroatoms. The Kier molecular flexibility index (Phi) is 13.3. The fraction of sp³-hybridized carbons (Fsp3) is 0.588. The van der Waals surface area contributed by atoms with E-state index in [4.69, 9.17) is 18.9 Å². The summed E-state index contributed by atoms with van der Waals surface area (Å²) < 4.78 is 21.4. The van der Waals surface area contributed by atoms with Crippen molar-refractivity contribution < 1.29 is 38.7 Å². The van der Waals surface area contributed by atoms with Crippen LogP contribution in [0.3, 0.4) is 0 Å². The number of rotatable bonds is 15. The highest BCUT2D eigenvalue weighted by Gasteiger charge is 2.21. The van der Waals surface area contributed by atoms with Gasteiger partial charge in [0.25, 0.3) is 0 Å². The number of ether oxygens (including phenoxy) is 4. The van der Waals surface area contributed by atoms with Crippen LogP contribution in [0.4, 0.5) is 0 Å². The summed E-state index contributed by atoms with van der Waals surface area (Å²) in [5, 5.41) is 20.5. The number of phenolic OH excluding ortho intramolecular Hbond substituents is 2. The molecule has 0 aliphatic rings. The van der Waals surface area contributed by atoms with Crippen LogP contribution in [0.2, 0.25) is 0 Å². The number of hydrogen-bond acceptors (Lipinski definition) is 8. The van der Waals surface area contributed by atoms with Crippen molar-refractivity contribution in [2.45, 2.75) is 91.9 Å². The molecule has 234 valence electrons. The number of benzene rings is 2. The number of esters is 2. The van der Waals surface area contributed by atoms with Crippen LogP contribution >= 0.6 is 0 Å². The second-order valence-electron chi connectivity index (χ2n) is 12.8. The average Bonchev–Trinajstić information content (AvgIpc) is 2.87. The summed E-state index contributed by atoms with van der Waals surface area (Å²) in [5.41, 5.74) is 5.29. The third-order valence-electron chi connectivity index (χ3n) is 7.07. The van der Waals surface area contributed by atoms with Crippen molar-refractivity contribution >= 4 is 11.9 Å². The Hall–Kier alpha value is -3.10. The van der Waals surface area contributed by atoms with Gasteiger partial charge in [-0.2, -0.15) is 0 Å². The summed E-state index contributed by atoms with van der Waals surface area (Å²) in [6, 6.07) is 7.46. The molecule has 42 heavy (non-hydrogen) atoms. The third kappa shape index (κ3) is 11.6. The van der Waals surface area contributed by atoms with Crippen LogP contribution < -0.4 is 0 Å². The van der Waals surface area contributed by atoms with E-state index in [0.717, 1.165) is 33.4 Å². The third-order valence-corrected chi connectivity index (χ3v) is 7.07. The molecule has 2 rings (SSSR count). The normalized spacial score (nSPS) is 11.9. The predicted molar refractivity (Wildman–Crippen MR) is 163 cm³/mol. The van der Waals surface area contributed by atoms with Crippen LogP contribution in [-0.2, 0) is 52.2 Å². The fourth-order valence-corrected chi connectivity index (χ4v) is 4.58. The summed E-state index contributed by atoms with van der Waals surface area (Å²) in [6.07, 6.45) is 1.59. The minimum absolute atomic E-state index is 0.163. The van der Waals surface area contributed by atoms with E-state index in [1.807, 2.05) is 67.5 Å². The van der Waals surface area contributed by atoms with Crippen LogP contribution in [0.25, 0.3) is 0 Å². The lowest BCUT2D eigenvalue weighted by Crippen LogP contribution is -2.16. The SMILES string of the molecule is Cc1cc(O)c(C(C)(C)C)cc1CCC(=O)OCCOCCOCCOC(=O)CCc1cc(C(C)(C)C)c(O)cc1C. The van der Waals surface area contributed by atoms with Crippen molar-refractivity contribution in [1.82, 2.24) is 0 Å². The highest BCUT2D eigenvalue weighted by atomic mass is 16.6. The first-order valence-corrected chi connectivity index (χ1v) is 14.7. The Morgan fingerprint density at radius 3 is 1.26 bits per heavy atom. The lowest BCUT2D eigenvalue weighted by atomic mass is 9.84. The Bertz CT molecular complexity index is 1090. The van der Waals surface area contributed by atoms with E-state index in [0.29, 0.717) is 26.1 Å². The van der Waals surface area contributed by atoms with Gasteiger partial charge in [-0.05, 0) is 83.0 Å². The van der Waals surface area contributed by atoms with Crippen molar-refractivity contribution in [2.24, 2.45) is 0 Å². The molecule has 0 aliphatic carbocycles. The minimum Gasteiger partial charge on any atom is -0.508 e. The van der Waals surface area contributed by atoms with Gasteiger partial charge in [-0.25, -0.2) is 0 Å². The number of carbonyl (C=O) groups excluding carboxylic acids is 2. The highest BCUT2D eigenvalue weighted by Crippen LogP contribution is 2.34. The van der Waals surface area contributed by atoms with Crippen LogP contribution in [0, 0.1) is 13.8 Å². The largest absolute Gasteiger partial charge is 0.508 e. The van der Waals surface area contributed by atoms with Crippen molar-refractivity contribution in [2.75, 3.05) is 39.6 Å². The van der Waals surface area contributed by atoms with E-state index in [1.54, 1.807) is 12.1 Å². The van der Waals surface area contributed by atoms with Gasteiger partial charge in [0.15, 0.2) is 0 Å². The van der Waals surface area contributed by atoms with Gasteiger partial charge < -0.3 is 29.2 Å². The molecule has 0 unspecified atom stereocenters. The molecule has 0 saturated carbocycles. The Morgan fingerprint density at radius 2 is 0.929 bits per heavy atom. The molecule has 0 fully saturated rings. The Balaban J connectivity index is 1.54. The molecular formula is C34H50O8. The monoisotopic (exact) mass is 586 g/mol. The average molecular weight is 587 g/mol. The molecular weight excluding hydrogens is 536 g/mol. The Labute approximate surface area is 251 Å². The lowest BCUT2D eigenvalue weighted by molar-refractivity contribution is -0.147. The fourth-order valence-electron chi connectivity index (χ4n) is 4.58. The number of hydrogen-bond donors (Lipinski definition) is 2. The zero-order valence-electron chi connectivity index (χ0n) is 26.7. The molecule has 0 heterocycles. The maximum absolute atomic E-state index is 12.1. The predicted octanol–water partition coefficient (Wildman–Crippen LogP) is 5.99. The molecule has 0 saturated heterocycles. The summed E-state index contributed by atoms with van der Waals surface area (Å²) in [6.45, 7) is 17.6. The maximum atomic E-state index is 12.1. The van der Waals surface area contributed by atoms with Crippen LogP contribution in [0.5, 0.6) is 11.5 Å². The smallest absolute Gasteiger partial charge is 0.306 e. The molecule has 2 aromatic carbocycles. The van der Waals surface area contributed by atoms with Crippen molar-refractivity contribution in [1.29, 1.82) is 0 Å². The standard InChI is InChI=1S/C34H50O8/c1-23-19-29(35)27(33(3,4)5)21-25(23)9-11-31(37)41-17-15-39-13-14-40-16-18-42-32(38)12-10-26-22-28(34(6,7)8)30(36)20-24(26)2/h19-22,35-36H,9-18H2,1-8H3. The van der Waals surface area contributed by atoms with Gasteiger partial charge in [0, 0.05) is 12.8 Å². The first-order chi connectivity index (χ1) is 19.6. The Morgan fingerprint density at radius 1 is 0.595 bits per heavy atom. The van der Waals surface area contributed by atoms with Crippen LogP contribution in [-0.4, -0.2) is 61.8 Å². The van der Waals surface area contributed by atoms with Crippen LogP contribution in [0.15, 0.2) is 24.3 Å². The molecule has 0 spiro atoms. The first-order valence-electron chi connectivity index (χ1n) is 14.7. The molecule has 0 aliphatic heterocycles. The quantitative estimate of drug-likeness (QED) is 0.193. The van der Waals surface area contributed by atoms with Crippen LogP contribution in [0.1, 0.15) is 87.8 Å². The molecule has 0 aromatic heterocycles. The molecule has 0 atom stereocenters. The molecule has 0 bridgehead atoms. The van der Waals surface area contributed by atoms with Crippen molar-refractivity contribution in [3.05, 3.63) is 57.6 Å². The number of carbonyl (C=O) groups is 2. The number of phenols is 2. The van der Waals surface area contributed by atoms with Gasteiger partial charge >= 0.3 is 11.9 Å². The molecule has 0 radical (unpaired) electrons. The molecule has 8 nitrogen and oxygen atoms in total. The summed E-state index contributed by atoms with van der Waals surface area (Å²) in [4.78, 5) is 24.3. The van der Waals surface area contributed by atoms with E-state index >= 15 is 0 Å². The molecule has 2 N–H and O–H groups in total. The van der Waals surface area contributed by atoms with Crippen molar-refractivity contribution in [3.63, 3.8) is 0 Å². The van der Waals surface area contributed by atoms with E-state index in [1.165, 1.54) is 0 Å². The van der Waals surface area contributed by atoms with Crippen molar-refractivity contribution in [3.8, 4) is 11.5 Å². The number of aromatic hydroxyl groups is 2. The van der Waals surface area contributed by atoms with E-state index in [2.05, 4.69) is 0 Å². The second-order valence-corrected chi connectivity index (χ2v) is 12.8. The van der Waals surface area contributed by atoms with Gasteiger partial charge in [0.05, 0.1) is 26.4 Å². The maximum Gasteiger partial charge on any atom is 0.306 e. The summed E-state index contributed by atoms with van der Waals surface area (Å²) >= 11 is 0. The van der Waals surface area contributed by atoms with E-state index in [-0.39, 0.29) is 73.5 Å². The first kappa shape index (κ1) is 35.1.